The van der Waals surface area contributed by atoms with Gasteiger partial charge in [-0.25, -0.2) is 18.9 Å². The molecule has 2 N–H and O–H groups in total. The highest BCUT2D eigenvalue weighted by Gasteiger charge is 2.50. The Morgan fingerprint density at radius 2 is 1.64 bits per heavy atom. The second-order valence-corrected chi connectivity index (χ2v) is 14.1. The van der Waals surface area contributed by atoms with Crippen LogP contribution in [0, 0.1) is 0 Å². The van der Waals surface area contributed by atoms with E-state index in [1.807, 2.05) is 72.8 Å². The van der Waals surface area contributed by atoms with Gasteiger partial charge in [-0.2, -0.15) is 0 Å². The Bertz CT molecular complexity index is 1890. The summed E-state index contributed by atoms with van der Waals surface area (Å²) in [7, 11) is -3.97. The van der Waals surface area contributed by atoms with Crippen LogP contribution in [0.1, 0.15) is 28.1 Å². The minimum absolute atomic E-state index is 0.00756. The molecular weight excluding hydrogens is 599 g/mol. The van der Waals surface area contributed by atoms with Gasteiger partial charge in [0.15, 0.2) is 22.0 Å². The van der Waals surface area contributed by atoms with Crippen LogP contribution in [0.25, 0.3) is 32.9 Å². The van der Waals surface area contributed by atoms with Gasteiger partial charge < -0.3 is 9.32 Å². The summed E-state index contributed by atoms with van der Waals surface area (Å²) in [6, 6.07) is 28.0. The fourth-order valence-corrected chi connectivity index (χ4v) is 9.29. The Morgan fingerprint density at radius 3 is 2.36 bits per heavy atom. The molecule has 3 heterocycles. The van der Waals surface area contributed by atoms with Crippen molar-refractivity contribution < 1.29 is 27.6 Å². The molecule has 5 aromatic rings. The molecule has 0 spiro atoms. The summed E-state index contributed by atoms with van der Waals surface area (Å²) in [6.07, 6.45) is 2.51. The number of carbonyl (C=O) groups excluding carboxylic acids is 2. The van der Waals surface area contributed by atoms with E-state index in [9.17, 15) is 23.2 Å². The second-order valence-electron chi connectivity index (χ2n) is 10.6. The maximum absolute atomic E-state index is 14.1. The highest BCUT2D eigenvalue weighted by molar-refractivity contribution is 7.92. The third-order valence-electron chi connectivity index (χ3n) is 8.05. The lowest BCUT2D eigenvalue weighted by Crippen LogP contribution is -2.41. The van der Waals surface area contributed by atoms with Crippen LogP contribution in [0.15, 0.2) is 108 Å². The molecule has 2 amide bonds. The Morgan fingerprint density at radius 1 is 0.909 bits per heavy atom. The van der Waals surface area contributed by atoms with Crippen LogP contribution in [0.2, 0.25) is 0 Å². The van der Waals surface area contributed by atoms with Crippen LogP contribution >= 0.6 is 11.3 Å². The van der Waals surface area contributed by atoms with Gasteiger partial charge in [0, 0.05) is 34.0 Å². The maximum atomic E-state index is 14.1. The van der Waals surface area contributed by atoms with E-state index in [2.05, 4.69) is 4.98 Å². The number of nitrogens with zero attached hydrogens (tertiary/aromatic N) is 2. The molecule has 9 nitrogen and oxygen atoms in total. The molecule has 0 saturated carbocycles. The molecule has 1 aliphatic heterocycles. The number of amides is 2. The molecule has 1 saturated heterocycles. The molecule has 44 heavy (non-hydrogen) atoms. The van der Waals surface area contributed by atoms with E-state index in [1.165, 1.54) is 17.7 Å². The first-order chi connectivity index (χ1) is 21.3. The number of hydrogen-bond donors (Lipinski definition) is 2. The number of hydroxylamine groups is 1. The Kier molecular flexibility index (Phi) is 8.17. The van der Waals surface area contributed by atoms with Crippen molar-refractivity contribution in [2.75, 3.05) is 18.8 Å². The molecular formula is C33H29N3O6S2. The van der Waals surface area contributed by atoms with Gasteiger partial charge in [0.2, 0.25) is 5.91 Å². The second kappa shape index (κ2) is 12.2. The molecule has 1 atom stereocenters. The first kappa shape index (κ1) is 29.5. The minimum Gasteiger partial charge on any atom is -0.444 e. The lowest BCUT2D eigenvalue weighted by molar-refractivity contribution is -0.129. The Balaban J connectivity index is 1.32. The summed E-state index contributed by atoms with van der Waals surface area (Å²) in [5.41, 5.74) is 5.45. The van der Waals surface area contributed by atoms with Crippen LogP contribution in [0.3, 0.4) is 0 Å². The third-order valence-corrected chi connectivity index (χ3v) is 12.0. The predicted molar refractivity (Wildman–Crippen MR) is 168 cm³/mol. The number of benzene rings is 3. The summed E-state index contributed by atoms with van der Waals surface area (Å²) in [5.74, 6) is -0.785. The van der Waals surface area contributed by atoms with Gasteiger partial charge in [0.05, 0.1) is 18.4 Å². The summed E-state index contributed by atoms with van der Waals surface area (Å²) in [6.45, 7) is 0.0904. The number of aromatic nitrogens is 1. The van der Waals surface area contributed by atoms with E-state index >= 15 is 0 Å². The lowest BCUT2D eigenvalue weighted by atomic mass is 9.96. The smallest absolute Gasteiger partial charge is 0.254 e. The molecule has 0 radical (unpaired) electrons. The molecule has 224 valence electrons. The number of hydrogen-bond acceptors (Lipinski definition) is 8. The number of nitrogens with one attached hydrogen (secondary N) is 1. The zero-order valence-electron chi connectivity index (χ0n) is 23.5. The van der Waals surface area contributed by atoms with Crippen LogP contribution in [-0.2, 0) is 19.4 Å². The maximum Gasteiger partial charge on any atom is 0.254 e. The number of sulfone groups is 1. The van der Waals surface area contributed by atoms with Crippen molar-refractivity contribution in [1.82, 2.24) is 15.4 Å². The van der Waals surface area contributed by atoms with E-state index in [-0.39, 0.29) is 31.2 Å². The Hall–Kier alpha value is -4.58. The first-order valence-electron chi connectivity index (χ1n) is 14.0. The largest absolute Gasteiger partial charge is 0.444 e. The van der Waals surface area contributed by atoms with Crippen molar-refractivity contribution in [1.29, 1.82) is 0 Å². The molecule has 1 fully saturated rings. The minimum atomic E-state index is -3.97. The summed E-state index contributed by atoms with van der Waals surface area (Å²) >= 11 is 1.28. The number of carbonyl (C=O) groups is 2. The van der Waals surface area contributed by atoms with Gasteiger partial charge in [-0.15, -0.1) is 11.3 Å². The van der Waals surface area contributed by atoms with Crippen molar-refractivity contribution >= 4 is 33.0 Å². The number of oxazole rings is 1. The van der Waals surface area contributed by atoms with Crippen LogP contribution < -0.4 is 5.48 Å². The van der Waals surface area contributed by atoms with E-state index in [4.69, 9.17) is 4.42 Å². The van der Waals surface area contributed by atoms with Crippen molar-refractivity contribution in [3.63, 3.8) is 0 Å². The number of rotatable bonds is 7. The van der Waals surface area contributed by atoms with E-state index in [1.54, 1.807) is 34.8 Å². The van der Waals surface area contributed by atoms with Crippen LogP contribution in [0.5, 0.6) is 0 Å². The summed E-state index contributed by atoms with van der Waals surface area (Å²) < 4.78 is 31.9. The van der Waals surface area contributed by atoms with Gasteiger partial charge >= 0.3 is 0 Å². The highest BCUT2D eigenvalue weighted by atomic mass is 32.2. The van der Waals surface area contributed by atoms with Gasteiger partial charge in [0.25, 0.3) is 5.91 Å². The molecule has 6 rings (SSSR count). The zero-order valence-corrected chi connectivity index (χ0v) is 25.2. The molecule has 1 aliphatic rings. The van der Waals surface area contributed by atoms with Crippen molar-refractivity contribution in [3.8, 4) is 32.9 Å². The lowest BCUT2D eigenvalue weighted by Gasteiger charge is -2.30. The predicted octanol–water partition coefficient (Wildman–Crippen LogP) is 5.79. The molecule has 0 aliphatic carbocycles. The van der Waals surface area contributed by atoms with Crippen LogP contribution in [-0.4, -0.2) is 54.2 Å². The monoisotopic (exact) mass is 627 g/mol. The van der Waals surface area contributed by atoms with Crippen LogP contribution in [0.4, 0.5) is 0 Å². The zero-order chi connectivity index (χ0) is 30.7. The number of thiophene rings is 1. The fraction of sp³-hybridized carbons (Fsp3) is 0.182. The van der Waals surface area contributed by atoms with Gasteiger partial charge in [-0.1, -0.05) is 72.8 Å². The molecule has 2 aromatic heterocycles. The van der Waals surface area contributed by atoms with E-state index in [0.29, 0.717) is 16.2 Å². The van der Waals surface area contributed by atoms with Crippen molar-refractivity contribution in [3.05, 3.63) is 114 Å². The Labute approximate surface area is 258 Å². The summed E-state index contributed by atoms with van der Waals surface area (Å²) in [4.78, 5) is 33.3. The van der Waals surface area contributed by atoms with E-state index in [0.717, 1.165) is 27.1 Å². The topological polar surface area (TPSA) is 130 Å². The third kappa shape index (κ3) is 5.57. The first-order valence-corrected chi connectivity index (χ1v) is 16.5. The molecule has 11 heteroatoms. The molecule has 1 unspecified atom stereocenters. The van der Waals surface area contributed by atoms with Crippen molar-refractivity contribution in [2.24, 2.45) is 0 Å². The average molecular weight is 628 g/mol. The van der Waals surface area contributed by atoms with Gasteiger partial charge in [-0.3, -0.25) is 14.8 Å². The quantitative estimate of drug-likeness (QED) is 0.173. The highest BCUT2D eigenvalue weighted by Crippen LogP contribution is 2.45. The SMILES string of the molecule is O=C(CC1(c2ccc(-c3ccc(-c4cnco4)cc3)s2)CCN(C(=O)c2ccccc2-c2ccccc2)CCS1(=O)=O)NO. The standard InChI is InChI=1S/C33H29N3O6S2/c37-31(35-39)20-33(30-15-14-29(43-30)25-12-10-24(11-13-25)28-21-34-22-42-28)16-17-36(18-19-44(33,40)41)32(38)27-9-5-4-8-26(27)23-6-2-1-3-7-23/h1-15,21-22,39H,16-20H2,(H,35,37). The van der Waals surface area contributed by atoms with E-state index < -0.39 is 26.9 Å². The fourth-order valence-electron chi connectivity index (χ4n) is 5.68. The average Bonchev–Trinajstić information content (AvgIpc) is 3.76. The van der Waals surface area contributed by atoms with Gasteiger partial charge in [-0.05, 0) is 41.3 Å². The normalized spacial score (nSPS) is 18.0. The molecule has 3 aromatic carbocycles. The summed E-state index contributed by atoms with van der Waals surface area (Å²) in [5, 5.41) is 9.41. The van der Waals surface area contributed by atoms with Gasteiger partial charge in [0.1, 0.15) is 4.75 Å². The molecule has 0 bridgehead atoms. The van der Waals surface area contributed by atoms with Crippen molar-refractivity contribution in [2.45, 2.75) is 17.6 Å².